The predicted molar refractivity (Wildman–Crippen MR) is 346 cm³/mol. The summed E-state index contributed by atoms with van der Waals surface area (Å²) in [5.74, 6) is -0.907. The van der Waals surface area contributed by atoms with Crippen molar-refractivity contribution in [1.29, 1.82) is 0 Å². The fraction of sp³-hybridized carbons (Fsp3) is 0.473. The van der Waals surface area contributed by atoms with Crippen LogP contribution in [-0.2, 0) is 79.3 Å². The summed E-state index contributed by atoms with van der Waals surface area (Å²) >= 11 is 0. The van der Waals surface area contributed by atoms with E-state index in [-0.39, 0.29) is 56.6 Å². The van der Waals surface area contributed by atoms with Gasteiger partial charge in [0.2, 0.25) is 0 Å². The number of alkyl carbamates (subject to hydrolysis) is 2. The van der Waals surface area contributed by atoms with Crippen LogP contribution in [0.2, 0.25) is 5.04 Å². The number of amides is 2. The number of nitrogens with one attached hydrogen (secondary N) is 2. The molecule has 1 saturated carbocycles. The molecule has 19 nitrogen and oxygen atoms in total. The first-order valence-electron chi connectivity index (χ1n) is 33.3. The van der Waals surface area contributed by atoms with Gasteiger partial charge in [-0.15, -0.1) is 0 Å². The van der Waals surface area contributed by atoms with E-state index in [1.807, 2.05) is 165 Å². The SMILES string of the molecule is CC[C@H]1O[C@@H](O[C@@H]2[C@H]3OC(=O)C[C@@H]3C[C@H](C)[C@H]2O[C@H]2O[C@@H]3COC(c4ccccc4)O[C@H]3C[C@H]2NC(=O)OCc2ccccc2)[C@H](O[Si](c2ccccc2)(c2ccccc2)C(C)(C)C)[C@@H]1O[C@H]1O[C@H]2CCC(c3ccccc3)O[C@H]2[C@H](O)[C@H]1NC(=O)OCc1ccccc1. The highest BCUT2D eigenvalue weighted by Gasteiger charge is 2.62. The zero-order chi connectivity index (χ0) is 64.9. The molecular formula is C74H86N2O17Si. The number of hydrogen-bond acceptors (Lipinski definition) is 17. The van der Waals surface area contributed by atoms with Gasteiger partial charge in [0.05, 0.1) is 49.6 Å². The second kappa shape index (κ2) is 29.2. The standard InChI is InChI=1S/C74H86N2O17Si/c1-6-54-65(91-70-60(76-73(80)83-43-47-27-15-8-16-28-47)61(78)64-56(86-70)38-37-55(84-64)48-29-17-9-18-30-48)67(93-94(74(3,4)5,51-33-21-11-22-34-51)52-35-23-12-24-36-52)71(85-54)92-66-62(45(2)39-50-40-59(77)89-63(50)66)90-69-53(75-72(79)82-42-46-25-13-7-14-26-46)41-57-58(88-69)44-81-68(87-57)49-31-19-10-20-32-49/h7-36,45,50,53-58,60-71,78H,6,37-44H2,1-5H3,(H,75,79)(H,76,80)/t45-,50-,53+,54+,55?,56-,57-,58+,60+,61+,62+,63-,64+,65+,66-,67+,68?,69+,70+,71-/m0/s1. The number of hydrogen-bond donors (Lipinski definition) is 3. The Balaban J connectivity index is 0.857. The molecule has 0 spiro atoms. The molecule has 0 radical (unpaired) electrons. The average molecular weight is 1300 g/mol. The van der Waals surface area contributed by atoms with E-state index in [2.05, 4.69) is 62.6 Å². The van der Waals surface area contributed by atoms with E-state index in [0.29, 0.717) is 25.7 Å². The number of aliphatic hydroxyl groups is 1. The molecule has 13 rings (SSSR count). The molecule has 0 bridgehead atoms. The molecule has 498 valence electrons. The van der Waals surface area contributed by atoms with E-state index < -0.39 is 130 Å². The van der Waals surface area contributed by atoms with Crippen LogP contribution < -0.4 is 21.0 Å². The van der Waals surface area contributed by atoms with Crippen molar-refractivity contribution in [3.05, 3.63) is 204 Å². The van der Waals surface area contributed by atoms with Crippen molar-refractivity contribution in [2.24, 2.45) is 11.8 Å². The molecule has 20 atom stereocenters. The number of carbonyl (C=O) groups is 3. The van der Waals surface area contributed by atoms with Crippen molar-refractivity contribution in [2.45, 2.75) is 202 Å². The summed E-state index contributed by atoms with van der Waals surface area (Å²) in [6, 6.07) is 56.7. The van der Waals surface area contributed by atoms with Gasteiger partial charge in [0.15, 0.2) is 25.2 Å². The Bertz CT molecular complexity index is 3390. The van der Waals surface area contributed by atoms with Crippen LogP contribution in [0.4, 0.5) is 9.59 Å². The maximum atomic E-state index is 14.2. The first kappa shape index (κ1) is 65.8. The molecule has 2 unspecified atom stereocenters. The van der Waals surface area contributed by atoms with E-state index in [1.165, 1.54) is 0 Å². The highest BCUT2D eigenvalue weighted by Crippen LogP contribution is 2.48. The largest absolute Gasteiger partial charge is 0.459 e. The maximum absolute atomic E-state index is 14.2. The van der Waals surface area contributed by atoms with Crippen LogP contribution >= 0.6 is 0 Å². The third-order valence-electron chi connectivity index (χ3n) is 19.5. The van der Waals surface area contributed by atoms with Crippen molar-refractivity contribution in [3.8, 4) is 0 Å². The van der Waals surface area contributed by atoms with Gasteiger partial charge >= 0.3 is 18.2 Å². The second-order valence-corrected chi connectivity index (χ2v) is 31.1. The first-order chi connectivity index (χ1) is 45.7. The number of carbonyl (C=O) groups excluding carboxylic acids is 3. The Morgan fingerprint density at radius 3 is 1.73 bits per heavy atom. The summed E-state index contributed by atoms with van der Waals surface area (Å²) in [6.07, 6.45) is -13.2. The first-order valence-corrected chi connectivity index (χ1v) is 35.2. The molecule has 7 aliphatic rings. The van der Waals surface area contributed by atoms with E-state index in [1.54, 1.807) is 0 Å². The Labute approximate surface area is 550 Å². The molecule has 7 fully saturated rings. The zero-order valence-electron chi connectivity index (χ0n) is 53.7. The number of fused-ring (bicyclic) bond motifs is 3. The lowest BCUT2D eigenvalue weighted by molar-refractivity contribution is -0.342. The molecule has 6 saturated heterocycles. The van der Waals surface area contributed by atoms with Gasteiger partial charge in [-0.2, -0.15) is 0 Å². The lowest BCUT2D eigenvalue weighted by Gasteiger charge is -2.50. The summed E-state index contributed by atoms with van der Waals surface area (Å²) in [4.78, 5) is 41.9. The molecule has 94 heavy (non-hydrogen) atoms. The smallest absolute Gasteiger partial charge is 0.407 e. The van der Waals surface area contributed by atoms with Crippen LogP contribution in [0.15, 0.2) is 182 Å². The lowest BCUT2D eigenvalue weighted by Crippen LogP contribution is -2.70. The van der Waals surface area contributed by atoms with E-state index in [4.69, 9.17) is 61.3 Å². The molecule has 6 heterocycles. The highest BCUT2D eigenvalue weighted by atomic mass is 28.4. The quantitative estimate of drug-likeness (QED) is 0.0391. The monoisotopic (exact) mass is 1300 g/mol. The Morgan fingerprint density at radius 2 is 1.13 bits per heavy atom. The summed E-state index contributed by atoms with van der Waals surface area (Å²) < 4.78 is 89.5. The molecule has 6 aromatic carbocycles. The second-order valence-electron chi connectivity index (χ2n) is 26.8. The molecule has 20 heteroatoms. The number of rotatable bonds is 19. The highest BCUT2D eigenvalue weighted by molar-refractivity contribution is 6.99. The molecule has 2 amide bonds. The zero-order valence-corrected chi connectivity index (χ0v) is 54.7. The van der Waals surface area contributed by atoms with E-state index in [0.717, 1.165) is 32.6 Å². The molecule has 0 aromatic heterocycles. The van der Waals surface area contributed by atoms with Crippen molar-refractivity contribution >= 4 is 36.8 Å². The third-order valence-corrected chi connectivity index (χ3v) is 24.6. The van der Waals surface area contributed by atoms with Gasteiger partial charge in [-0.1, -0.05) is 217 Å². The minimum atomic E-state index is -3.59. The minimum Gasteiger partial charge on any atom is -0.459 e. The summed E-state index contributed by atoms with van der Waals surface area (Å²) in [5, 5.41) is 20.2. The maximum Gasteiger partial charge on any atom is 0.407 e. The topological polar surface area (TPSA) is 215 Å². The Hall–Kier alpha value is -6.89. The van der Waals surface area contributed by atoms with Gasteiger partial charge in [-0.25, -0.2) is 9.59 Å². The van der Waals surface area contributed by atoms with Gasteiger partial charge in [0, 0.05) is 17.9 Å². The molecular weight excluding hydrogens is 1220 g/mol. The van der Waals surface area contributed by atoms with Gasteiger partial charge < -0.3 is 77.0 Å². The van der Waals surface area contributed by atoms with Gasteiger partial charge in [-0.05, 0) is 63.7 Å². The number of benzene rings is 6. The normalized spacial score (nSPS) is 33.2. The molecule has 6 aromatic rings. The van der Waals surface area contributed by atoms with E-state index >= 15 is 0 Å². The van der Waals surface area contributed by atoms with Gasteiger partial charge in [0.25, 0.3) is 8.32 Å². The third kappa shape index (κ3) is 14.3. The van der Waals surface area contributed by atoms with E-state index in [9.17, 15) is 19.5 Å². The fourth-order valence-corrected chi connectivity index (χ4v) is 19.6. The molecule has 6 aliphatic heterocycles. The predicted octanol–water partition coefficient (Wildman–Crippen LogP) is 10.0. The van der Waals surface area contributed by atoms with Gasteiger partial charge in [0.1, 0.15) is 62.0 Å². The molecule has 3 N–H and O–H groups in total. The van der Waals surface area contributed by atoms with Crippen molar-refractivity contribution in [3.63, 3.8) is 0 Å². The van der Waals surface area contributed by atoms with Gasteiger partial charge in [-0.3, -0.25) is 4.79 Å². The van der Waals surface area contributed by atoms with Crippen LogP contribution in [0.3, 0.4) is 0 Å². The van der Waals surface area contributed by atoms with Crippen LogP contribution in [0.25, 0.3) is 0 Å². The number of esters is 1. The number of ether oxygens (including phenoxy) is 12. The van der Waals surface area contributed by atoms with Crippen LogP contribution in [0.5, 0.6) is 0 Å². The summed E-state index contributed by atoms with van der Waals surface area (Å²) in [5.41, 5.74) is 3.39. The average Bonchev–Trinajstić information content (AvgIpc) is 1.28. The Morgan fingerprint density at radius 1 is 0.574 bits per heavy atom. The van der Waals surface area contributed by atoms with Crippen molar-refractivity contribution < 1.29 is 80.8 Å². The van der Waals surface area contributed by atoms with Crippen molar-refractivity contribution in [2.75, 3.05) is 6.61 Å². The van der Waals surface area contributed by atoms with Crippen molar-refractivity contribution in [1.82, 2.24) is 10.6 Å². The minimum absolute atomic E-state index is 0.0286. The summed E-state index contributed by atoms with van der Waals surface area (Å²) in [6.45, 7) is 10.8. The Kier molecular flexibility index (Phi) is 20.4. The fourth-order valence-electron chi connectivity index (χ4n) is 14.9. The lowest BCUT2D eigenvalue weighted by atomic mass is 9.76. The van der Waals surface area contributed by atoms with Crippen LogP contribution in [-0.4, -0.2) is 136 Å². The van der Waals surface area contributed by atoms with Crippen LogP contribution in [0.1, 0.15) is 108 Å². The number of aliphatic hydroxyl groups excluding tert-OH is 1. The summed E-state index contributed by atoms with van der Waals surface area (Å²) in [7, 11) is -3.59. The van der Waals surface area contributed by atoms with Crippen LogP contribution in [0, 0.1) is 11.8 Å². The molecule has 1 aliphatic carbocycles.